The number of nitrogens with one attached hydrogen (secondary N) is 2. The van der Waals surface area contributed by atoms with Gasteiger partial charge >= 0.3 is 0 Å². The van der Waals surface area contributed by atoms with E-state index in [4.69, 9.17) is 0 Å². The largest absolute Gasteiger partial charge is 0.372 e. The lowest BCUT2D eigenvalue weighted by atomic mass is 9.92. The first-order valence-electron chi connectivity index (χ1n) is 11.4. The number of sulfonamides is 1. The van der Waals surface area contributed by atoms with Crippen LogP contribution >= 0.6 is 0 Å². The molecule has 1 aliphatic rings. The lowest BCUT2D eigenvalue weighted by Crippen LogP contribution is -2.29. The number of hydrogen-bond donors (Lipinski definition) is 2. The third kappa shape index (κ3) is 6.25. The Morgan fingerprint density at radius 3 is 2.00 bits per heavy atom. The molecule has 0 unspecified atom stereocenters. The zero-order chi connectivity index (χ0) is 23.3. The minimum Gasteiger partial charge on any atom is -0.372 e. The third-order valence-electron chi connectivity index (χ3n) is 5.82. The van der Waals surface area contributed by atoms with E-state index in [9.17, 15) is 13.2 Å². The molecule has 1 fully saturated rings. The lowest BCUT2D eigenvalue weighted by molar-refractivity contribution is -0.113. The SMILES string of the molecule is CC(C)c1cccc(C(C)C)c1NC(=O)CS(=O)(=O)Nc1ccc(N2CCCCC2)cc1. The van der Waals surface area contributed by atoms with E-state index in [-0.39, 0.29) is 11.8 Å². The number of para-hydroxylation sites is 1. The number of amides is 1. The molecule has 7 heteroatoms. The van der Waals surface area contributed by atoms with Crippen LogP contribution in [0.25, 0.3) is 0 Å². The van der Waals surface area contributed by atoms with E-state index in [1.54, 1.807) is 12.1 Å². The molecule has 6 nitrogen and oxygen atoms in total. The maximum Gasteiger partial charge on any atom is 0.241 e. The van der Waals surface area contributed by atoms with Gasteiger partial charge in [-0.2, -0.15) is 0 Å². The molecule has 32 heavy (non-hydrogen) atoms. The summed E-state index contributed by atoms with van der Waals surface area (Å²) in [5, 5.41) is 2.87. The highest BCUT2D eigenvalue weighted by Gasteiger charge is 2.21. The summed E-state index contributed by atoms with van der Waals surface area (Å²) in [7, 11) is -3.83. The van der Waals surface area contributed by atoms with Crippen LogP contribution in [0, 0.1) is 0 Å². The molecule has 2 N–H and O–H groups in total. The monoisotopic (exact) mass is 457 g/mol. The van der Waals surface area contributed by atoms with Crippen LogP contribution in [0.4, 0.5) is 17.1 Å². The summed E-state index contributed by atoms with van der Waals surface area (Å²) >= 11 is 0. The predicted molar refractivity (Wildman–Crippen MR) is 133 cm³/mol. The molecular formula is C25H35N3O3S. The van der Waals surface area contributed by atoms with Crippen LogP contribution in [-0.2, 0) is 14.8 Å². The summed E-state index contributed by atoms with van der Waals surface area (Å²) in [6, 6.07) is 13.3. The van der Waals surface area contributed by atoms with Crippen molar-refractivity contribution >= 4 is 33.0 Å². The van der Waals surface area contributed by atoms with Crippen molar-refractivity contribution in [2.45, 2.75) is 58.8 Å². The molecule has 1 aliphatic heterocycles. The van der Waals surface area contributed by atoms with E-state index in [1.807, 2.05) is 30.3 Å². The molecular weight excluding hydrogens is 422 g/mol. The fourth-order valence-corrected chi connectivity index (χ4v) is 5.14. The number of hydrogen-bond acceptors (Lipinski definition) is 4. The summed E-state index contributed by atoms with van der Waals surface area (Å²) in [6.45, 7) is 10.3. The molecule has 3 rings (SSSR count). The molecule has 174 valence electrons. The second kappa shape index (κ2) is 10.4. The second-order valence-corrected chi connectivity index (χ2v) is 10.8. The zero-order valence-electron chi connectivity index (χ0n) is 19.5. The quantitative estimate of drug-likeness (QED) is 0.563. The van der Waals surface area contributed by atoms with Gasteiger partial charge in [0.25, 0.3) is 0 Å². The van der Waals surface area contributed by atoms with Crippen LogP contribution in [0.5, 0.6) is 0 Å². The number of anilines is 3. The van der Waals surface area contributed by atoms with E-state index in [0.29, 0.717) is 5.69 Å². The Hall–Kier alpha value is -2.54. The summed E-state index contributed by atoms with van der Waals surface area (Å²) < 4.78 is 27.8. The molecule has 0 spiro atoms. The van der Waals surface area contributed by atoms with Crippen LogP contribution in [-0.4, -0.2) is 33.2 Å². The van der Waals surface area contributed by atoms with E-state index >= 15 is 0 Å². The Morgan fingerprint density at radius 1 is 0.906 bits per heavy atom. The highest BCUT2D eigenvalue weighted by Crippen LogP contribution is 2.32. The van der Waals surface area contributed by atoms with Gasteiger partial charge in [0, 0.05) is 30.2 Å². The van der Waals surface area contributed by atoms with Crippen molar-refractivity contribution in [1.82, 2.24) is 0 Å². The van der Waals surface area contributed by atoms with Gasteiger partial charge in [-0.1, -0.05) is 45.9 Å². The standard InChI is InChI=1S/C25H35N3O3S/c1-18(2)22-9-8-10-23(19(3)4)25(22)26-24(29)17-32(30,31)27-20-11-13-21(14-12-20)28-15-6-5-7-16-28/h8-14,18-19,27H,5-7,15-17H2,1-4H3,(H,26,29). The van der Waals surface area contributed by atoms with Gasteiger partial charge < -0.3 is 10.2 Å². The molecule has 0 atom stereocenters. The third-order valence-corrected chi connectivity index (χ3v) is 7.01. The Bertz CT molecular complexity index is 999. The molecule has 0 radical (unpaired) electrons. The van der Waals surface area contributed by atoms with Gasteiger partial charge in [-0.3, -0.25) is 9.52 Å². The Labute approximate surface area is 192 Å². The van der Waals surface area contributed by atoms with Crippen molar-refractivity contribution < 1.29 is 13.2 Å². The van der Waals surface area contributed by atoms with E-state index in [1.165, 1.54) is 19.3 Å². The molecule has 1 heterocycles. The molecule has 0 saturated carbocycles. The van der Waals surface area contributed by atoms with Crippen LogP contribution in [0.3, 0.4) is 0 Å². The number of carbonyl (C=O) groups is 1. The second-order valence-electron chi connectivity index (χ2n) is 9.12. The first-order chi connectivity index (χ1) is 15.2. The molecule has 0 aliphatic carbocycles. The van der Waals surface area contributed by atoms with Crippen molar-refractivity contribution in [2.75, 3.05) is 33.8 Å². The number of carbonyl (C=O) groups excluding carboxylic acids is 1. The average molecular weight is 458 g/mol. The molecule has 0 aromatic heterocycles. The normalized spacial score (nSPS) is 14.6. The van der Waals surface area contributed by atoms with Crippen LogP contribution in [0.1, 0.15) is 69.9 Å². The molecule has 2 aromatic carbocycles. The van der Waals surface area contributed by atoms with Crippen LogP contribution in [0.2, 0.25) is 0 Å². The highest BCUT2D eigenvalue weighted by atomic mass is 32.2. The van der Waals surface area contributed by atoms with Gasteiger partial charge in [0.15, 0.2) is 0 Å². The van der Waals surface area contributed by atoms with Gasteiger partial charge in [0.05, 0.1) is 0 Å². The molecule has 1 amide bonds. The van der Waals surface area contributed by atoms with Gasteiger partial charge in [0.2, 0.25) is 15.9 Å². The van der Waals surface area contributed by atoms with Gasteiger partial charge in [0.1, 0.15) is 5.75 Å². The summed E-state index contributed by atoms with van der Waals surface area (Å²) in [6.07, 6.45) is 3.63. The maximum absolute atomic E-state index is 12.7. The van der Waals surface area contributed by atoms with Gasteiger partial charge in [-0.15, -0.1) is 0 Å². The number of benzene rings is 2. The zero-order valence-corrected chi connectivity index (χ0v) is 20.3. The van der Waals surface area contributed by atoms with Crippen LogP contribution in [0.15, 0.2) is 42.5 Å². The Kier molecular flexibility index (Phi) is 7.82. The number of rotatable bonds is 8. The summed E-state index contributed by atoms with van der Waals surface area (Å²) in [4.78, 5) is 15.0. The van der Waals surface area contributed by atoms with Gasteiger partial charge in [-0.25, -0.2) is 8.42 Å². The van der Waals surface area contributed by atoms with Crippen LogP contribution < -0.4 is 14.9 Å². The van der Waals surface area contributed by atoms with Crippen molar-refractivity contribution in [3.8, 4) is 0 Å². The van der Waals surface area contributed by atoms with E-state index < -0.39 is 21.7 Å². The van der Waals surface area contributed by atoms with Crippen molar-refractivity contribution in [3.63, 3.8) is 0 Å². The fourth-order valence-electron chi connectivity index (χ4n) is 4.15. The maximum atomic E-state index is 12.7. The fraction of sp³-hybridized carbons (Fsp3) is 0.480. The molecule has 2 aromatic rings. The van der Waals surface area contributed by atoms with Crippen molar-refractivity contribution in [2.24, 2.45) is 0 Å². The predicted octanol–water partition coefficient (Wildman–Crippen LogP) is 5.30. The first-order valence-corrected chi connectivity index (χ1v) is 13.1. The van der Waals surface area contributed by atoms with E-state index in [2.05, 4.69) is 42.6 Å². The van der Waals surface area contributed by atoms with Crippen molar-refractivity contribution in [3.05, 3.63) is 53.6 Å². The highest BCUT2D eigenvalue weighted by molar-refractivity contribution is 7.93. The molecule has 1 saturated heterocycles. The number of nitrogens with zero attached hydrogens (tertiary/aromatic N) is 1. The Morgan fingerprint density at radius 2 is 1.47 bits per heavy atom. The summed E-state index contributed by atoms with van der Waals surface area (Å²) in [5.41, 5.74) is 4.29. The summed E-state index contributed by atoms with van der Waals surface area (Å²) in [5.74, 6) is -0.767. The average Bonchev–Trinajstić information content (AvgIpc) is 2.74. The van der Waals surface area contributed by atoms with Crippen molar-refractivity contribution in [1.29, 1.82) is 0 Å². The smallest absolute Gasteiger partial charge is 0.241 e. The minimum atomic E-state index is -3.83. The topological polar surface area (TPSA) is 78.5 Å². The molecule has 0 bridgehead atoms. The number of piperidine rings is 1. The minimum absolute atomic E-state index is 0.206. The van der Waals surface area contributed by atoms with Gasteiger partial charge in [-0.05, 0) is 66.5 Å². The Balaban J connectivity index is 1.67. The van der Waals surface area contributed by atoms with E-state index in [0.717, 1.165) is 35.6 Å². The lowest BCUT2D eigenvalue weighted by Gasteiger charge is -2.28. The first kappa shape index (κ1) is 24.1.